The van der Waals surface area contributed by atoms with Gasteiger partial charge in [-0.1, -0.05) is 5.16 Å². The molecule has 7 heteroatoms. The van der Waals surface area contributed by atoms with Gasteiger partial charge in [0, 0.05) is 32.1 Å². The van der Waals surface area contributed by atoms with Crippen LogP contribution in [0.4, 0.5) is 11.5 Å². The highest BCUT2D eigenvalue weighted by Crippen LogP contribution is 2.40. The van der Waals surface area contributed by atoms with Gasteiger partial charge in [-0.3, -0.25) is 4.79 Å². The number of rotatable bonds is 4. The van der Waals surface area contributed by atoms with Crippen molar-refractivity contribution in [3.05, 3.63) is 35.9 Å². The van der Waals surface area contributed by atoms with E-state index in [2.05, 4.69) is 15.0 Å². The summed E-state index contributed by atoms with van der Waals surface area (Å²) in [5, 5.41) is 3.91. The van der Waals surface area contributed by atoms with Crippen molar-refractivity contribution >= 4 is 17.4 Å². The van der Waals surface area contributed by atoms with Gasteiger partial charge in [0.05, 0.1) is 25.1 Å². The summed E-state index contributed by atoms with van der Waals surface area (Å²) in [7, 11) is 1.72. The maximum absolute atomic E-state index is 12.5. The number of amides is 1. The number of carbonyl (C=O) groups excluding carboxylic acids is 1. The molecule has 0 N–H and O–H groups in total. The molecular weight excluding hydrogens is 308 g/mol. The van der Waals surface area contributed by atoms with Gasteiger partial charge in [0.15, 0.2) is 5.69 Å². The largest absolute Gasteiger partial charge is 0.378 e. The maximum atomic E-state index is 12.5. The number of hydrogen-bond acceptors (Lipinski definition) is 6. The molecule has 0 radical (unpaired) electrons. The summed E-state index contributed by atoms with van der Waals surface area (Å²) < 4.78 is 10.6. The fourth-order valence-corrected chi connectivity index (χ4v) is 2.80. The number of hydrogen-bond donors (Lipinski definition) is 0. The second-order valence-corrected chi connectivity index (χ2v) is 6.23. The van der Waals surface area contributed by atoms with E-state index in [9.17, 15) is 4.79 Å². The Balaban J connectivity index is 1.46. The van der Waals surface area contributed by atoms with E-state index in [1.54, 1.807) is 24.2 Å². The predicted octanol–water partition coefficient (Wildman–Crippen LogP) is 2.06. The fraction of sp³-hybridized carbons (Fsp3) is 0.471. The third-order valence-electron chi connectivity index (χ3n) is 4.49. The zero-order valence-corrected chi connectivity index (χ0v) is 13.6. The molecule has 0 spiro atoms. The molecule has 7 nitrogen and oxygen atoms in total. The minimum absolute atomic E-state index is 0.188. The Morgan fingerprint density at radius 2 is 2.08 bits per heavy atom. The molecule has 2 aromatic rings. The highest BCUT2D eigenvalue weighted by molar-refractivity contribution is 6.04. The molecule has 1 saturated carbocycles. The molecule has 126 valence electrons. The van der Waals surface area contributed by atoms with Gasteiger partial charge >= 0.3 is 0 Å². The third kappa shape index (κ3) is 2.99. The smallest absolute Gasteiger partial charge is 0.280 e. The van der Waals surface area contributed by atoms with Crippen LogP contribution in [0.2, 0.25) is 0 Å². The molecule has 0 unspecified atom stereocenters. The van der Waals surface area contributed by atoms with E-state index in [1.807, 2.05) is 12.1 Å². The molecule has 2 aliphatic rings. The van der Waals surface area contributed by atoms with Crippen molar-refractivity contribution in [1.29, 1.82) is 0 Å². The molecule has 0 aromatic carbocycles. The van der Waals surface area contributed by atoms with E-state index in [1.165, 1.54) is 0 Å². The van der Waals surface area contributed by atoms with Crippen molar-refractivity contribution in [3.63, 3.8) is 0 Å². The lowest BCUT2D eigenvalue weighted by Gasteiger charge is -2.28. The average molecular weight is 328 g/mol. The molecule has 1 saturated heterocycles. The Hall–Kier alpha value is -2.41. The van der Waals surface area contributed by atoms with Crippen molar-refractivity contribution in [2.75, 3.05) is 43.2 Å². The highest BCUT2D eigenvalue weighted by Gasteiger charge is 2.29. The quantitative estimate of drug-likeness (QED) is 0.855. The minimum atomic E-state index is -0.188. The Kier molecular flexibility index (Phi) is 3.93. The Bertz CT molecular complexity index is 718. The predicted molar refractivity (Wildman–Crippen MR) is 88.5 cm³/mol. The number of anilines is 2. The van der Waals surface area contributed by atoms with E-state index in [0.29, 0.717) is 11.6 Å². The number of aromatic nitrogens is 2. The van der Waals surface area contributed by atoms with Gasteiger partial charge in [-0.15, -0.1) is 0 Å². The Labute approximate surface area is 140 Å². The second-order valence-electron chi connectivity index (χ2n) is 6.23. The highest BCUT2D eigenvalue weighted by atomic mass is 16.5. The van der Waals surface area contributed by atoms with Gasteiger partial charge in [0.25, 0.3) is 5.91 Å². The van der Waals surface area contributed by atoms with Crippen LogP contribution in [-0.2, 0) is 4.74 Å². The van der Waals surface area contributed by atoms with Crippen LogP contribution in [0.1, 0.15) is 35.0 Å². The van der Waals surface area contributed by atoms with Crippen LogP contribution in [0.15, 0.2) is 28.9 Å². The normalized spacial score (nSPS) is 17.8. The molecule has 24 heavy (non-hydrogen) atoms. The molecule has 3 heterocycles. The first-order valence-electron chi connectivity index (χ1n) is 8.26. The first kappa shape index (κ1) is 15.1. The fourth-order valence-electron chi connectivity index (χ4n) is 2.80. The Morgan fingerprint density at radius 3 is 2.75 bits per heavy atom. The van der Waals surface area contributed by atoms with Crippen LogP contribution in [0.25, 0.3) is 0 Å². The minimum Gasteiger partial charge on any atom is -0.378 e. The lowest BCUT2D eigenvalue weighted by molar-refractivity contribution is 0.0984. The van der Waals surface area contributed by atoms with Crippen molar-refractivity contribution in [1.82, 2.24) is 10.1 Å². The lowest BCUT2D eigenvalue weighted by Crippen LogP contribution is -2.36. The Morgan fingerprint density at radius 1 is 1.29 bits per heavy atom. The van der Waals surface area contributed by atoms with Crippen molar-refractivity contribution in [3.8, 4) is 0 Å². The maximum Gasteiger partial charge on any atom is 0.280 e. The molecular formula is C17H20N4O3. The monoisotopic (exact) mass is 328 g/mol. The zero-order chi connectivity index (χ0) is 16.5. The van der Waals surface area contributed by atoms with Gasteiger partial charge in [-0.05, 0) is 25.0 Å². The standard InChI is InChI=1S/C17H20N4O3/c1-20(17(22)14-10-15(24-19-14)12-2-3-12)13-4-5-16(18-11-13)21-6-8-23-9-7-21/h4-5,10-12H,2-3,6-9H2,1H3. The molecule has 1 aliphatic carbocycles. The molecule has 0 atom stereocenters. The number of carbonyl (C=O) groups is 1. The molecule has 2 aromatic heterocycles. The summed E-state index contributed by atoms with van der Waals surface area (Å²) in [6.07, 6.45) is 3.95. The summed E-state index contributed by atoms with van der Waals surface area (Å²) >= 11 is 0. The summed E-state index contributed by atoms with van der Waals surface area (Å²) in [5.74, 6) is 1.97. The van der Waals surface area contributed by atoms with E-state index in [0.717, 1.165) is 56.4 Å². The van der Waals surface area contributed by atoms with Gasteiger partial charge in [-0.25, -0.2) is 4.98 Å². The van der Waals surface area contributed by atoms with Crippen molar-refractivity contribution < 1.29 is 14.1 Å². The zero-order valence-electron chi connectivity index (χ0n) is 13.6. The number of pyridine rings is 1. The van der Waals surface area contributed by atoms with Crippen LogP contribution in [0.3, 0.4) is 0 Å². The lowest BCUT2D eigenvalue weighted by atomic mass is 10.2. The van der Waals surface area contributed by atoms with Crippen molar-refractivity contribution in [2.45, 2.75) is 18.8 Å². The molecule has 4 rings (SSSR count). The van der Waals surface area contributed by atoms with Crippen LogP contribution in [0, 0.1) is 0 Å². The van der Waals surface area contributed by atoms with Crippen molar-refractivity contribution in [2.24, 2.45) is 0 Å². The number of morpholine rings is 1. The average Bonchev–Trinajstić information content (AvgIpc) is 3.38. The second kappa shape index (κ2) is 6.24. The molecule has 1 aliphatic heterocycles. The summed E-state index contributed by atoms with van der Waals surface area (Å²) in [6.45, 7) is 3.11. The molecule has 1 amide bonds. The van der Waals surface area contributed by atoms with E-state index >= 15 is 0 Å². The van der Waals surface area contributed by atoms with E-state index in [-0.39, 0.29) is 5.91 Å². The SMILES string of the molecule is CN(C(=O)c1cc(C2CC2)on1)c1ccc(N2CCOCC2)nc1. The first-order valence-corrected chi connectivity index (χ1v) is 8.26. The van der Waals surface area contributed by atoms with Crippen LogP contribution in [0.5, 0.6) is 0 Å². The molecule has 2 fully saturated rings. The van der Waals surface area contributed by atoms with Crippen LogP contribution < -0.4 is 9.80 Å². The van der Waals surface area contributed by atoms with Gasteiger partial charge < -0.3 is 19.1 Å². The van der Waals surface area contributed by atoms with E-state index < -0.39 is 0 Å². The summed E-state index contributed by atoms with van der Waals surface area (Å²) in [4.78, 5) is 20.7. The first-order chi connectivity index (χ1) is 11.7. The van der Waals surface area contributed by atoms with Gasteiger partial charge in [0.1, 0.15) is 11.6 Å². The third-order valence-corrected chi connectivity index (χ3v) is 4.49. The number of ether oxygens (including phenoxy) is 1. The topological polar surface area (TPSA) is 71.7 Å². The number of nitrogens with zero attached hydrogens (tertiary/aromatic N) is 4. The van der Waals surface area contributed by atoms with Gasteiger partial charge in [-0.2, -0.15) is 0 Å². The van der Waals surface area contributed by atoms with Crippen LogP contribution in [-0.4, -0.2) is 49.4 Å². The molecule has 0 bridgehead atoms. The summed E-state index contributed by atoms with van der Waals surface area (Å²) in [6, 6.07) is 5.59. The van der Waals surface area contributed by atoms with E-state index in [4.69, 9.17) is 9.26 Å². The summed E-state index contributed by atoms with van der Waals surface area (Å²) in [5.41, 5.74) is 1.07. The van der Waals surface area contributed by atoms with Crippen LogP contribution >= 0.6 is 0 Å². The van der Waals surface area contributed by atoms with Gasteiger partial charge in [0.2, 0.25) is 0 Å².